The summed E-state index contributed by atoms with van der Waals surface area (Å²) in [7, 11) is 1.61. The fraction of sp³-hybridized carbons (Fsp3) is 0.556. The number of benzene rings is 1. The fourth-order valence-electron chi connectivity index (χ4n) is 2.68. The van der Waals surface area contributed by atoms with Crippen molar-refractivity contribution >= 4 is 56.6 Å². The molecule has 146 valence electrons. The number of aromatic nitrogens is 1. The number of hydrogen-bond donors (Lipinski definition) is 0. The van der Waals surface area contributed by atoms with Crippen molar-refractivity contribution in [2.24, 2.45) is 0 Å². The van der Waals surface area contributed by atoms with Crippen molar-refractivity contribution < 1.29 is 9.53 Å². The smallest absolute Gasteiger partial charge is 0.228 e. The zero-order valence-electron chi connectivity index (χ0n) is 15.7. The summed E-state index contributed by atoms with van der Waals surface area (Å²) in [4.78, 5) is 21.4. The predicted octanol–water partition coefficient (Wildman–Crippen LogP) is 4.86. The summed E-state index contributed by atoms with van der Waals surface area (Å²) >= 11 is 7.77. The molecule has 1 aromatic heterocycles. The van der Waals surface area contributed by atoms with Gasteiger partial charge in [-0.15, -0.1) is 12.4 Å². The lowest BCUT2D eigenvalue weighted by molar-refractivity contribution is -0.118. The normalized spacial score (nSPS) is 10.8. The van der Waals surface area contributed by atoms with Gasteiger partial charge in [-0.05, 0) is 31.6 Å². The van der Waals surface area contributed by atoms with Gasteiger partial charge in [0.1, 0.15) is 11.3 Å². The lowest BCUT2D eigenvalue weighted by Crippen LogP contribution is -2.38. The minimum Gasteiger partial charge on any atom is -0.494 e. The Balaban J connectivity index is 0.00000338. The van der Waals surface area contributed by atoms with Gasteiger partial charge < -0.3 is 9.64 Å². The van der Waals surface area contributed by atoms with Crippen molar-refractivity contribution in [3.05, 3.63) is 17.2 Å². The van der Waals surface area contributed by atoms with Crippen molar-refractivity contribution in [1.82, 2.24) is 9.88 Å². The molecule has 0 saturated heterocycles. The molecule has 0 aliphatic carbocycles. The molecule has 8 heteroatoms. The number of rotatable bonds is 9. The summed E-state index contributed by atoms with van der Waals surface area (Å²) in [6.07, 6.45) is 1.33. The van der Waals surface area contributed by atoms with E-state index in [1.165, 1.54) is 11.3 Å². The number of likely N-dealkylation sites (N-methyl/N-ethyl adjacent to an activating group) is 1. The summed E-state index contributed by atoms with van der Waals surface area (Å²) in [5, 5.41) is 1.32. The Kier molecular flexibility index (Phi) is 9.64. The SMILES string of the molecule is CCCC(=O)N(CCN(CC)CC)c1nc2c(OC)ccc(Cl)c2s1.Cl. The number of amides is 1. The third kappa shape index (κ3) is 5.22. The van der Waals surface area contributed by atoms with Crippen LogP contribution in [0.1, 0.15) is 33.6 Å². The van der Waals surface area contributed by atoms with E-state index in [4.69, 9.17) is 16.3 Å². The van der Waals surface area contributed by atoms with Crippen LogP contribution >= 0.6 is 35.3 Å². The number of fused-ring (bicyclic) bond motifs is 1. The van der Waals surface area contributed by atoms with Crippen LogP contribution < -0.4 is 9.64 Å². The fourth-order valence-corrected chi connectivity index (χ4v) is 3.98. The Labute approximate surface area is 170 Å². The van der Waals surface area contributed by atoms with Gasteiger partial charge in [0.05, 0.1) is 16.8 Å². The van der Waals surface area contributed by atoms with Crippen LogP contribution in [0.15, 0.2) is 12.1 Å². The highest BCUT2D eigenvalue weighted by Gasteiger charge is 2.21. The molecule has 0 bridgehead atoms. The number of hydrogen-bond acceptors (Lipinski definition) is 5. The van der Waals surface area contributed by atoms with Crippen LogP contribution in [-0.4, -0.2) is 49.1 Å². The highest BCUT2D eigenvalue weighted by molar-refractivity contribution is 7.23. The number of carbonyl (C=O) groups excluding carboxylic acids is 1. The van der Waals surface area contributed by atoms with Gasteiger partial charge in [0.25, 0.3) is 0 Å². The summed E-state index contributed by atoms with van der Waals surface area (Å²) in [6, 6.07) is 3.61. The Bertz CT molecular complexity index is 720. The number of methoxy groups -OCH3 is 1. The summed E-state index contributed by atoms with van der Waals surface area (Å²) in [5.41, 5.74) is 0.715. The van der Waals surface area contributed by atoms with Crippen molar-refractivity contribution in [3.63, 3.8) is 0 Å². The maximum Gasteiger partial charge on any atom is 0.228 e. The van der Waals surface area contributed by atoms with E-state index in [2.05, 4.69) is 23.7 Å². The third-order valence-electron chi connectivity index (χ3n) is 4.20. The quantitative estimate of drug-likeness (QED) is 0.582. The van der Waals surface area contributed by atoms with Crippen LogP contribution in [0.2, 0.25) is 5.02 Å². The Morgan fingerprint density at radius 3 is 2.50 bits per heavy atom. The number of halogens is 2. The molecule has 0 saturated carbocycles. The number of carbonyl (C=O) groups is 1. The second kappa shape index (κ2) is 10.9. The topological polar surface area (TPSA) is 45.7 Å². The largest absolute Gasteiger partial charge is 0.494 e. The van der Waals surface area contributed by atoms with E-state index < -0.39 is 0 Å². The van der Waals surface area contributed by atoms with Gasteiger partial charge in [-0.3, -0.25) is 9.69 Å². The highest BCUT2D eigenvalue weighted by atomic mass is 35.5. The van der Waals surface area contributed by atoms with Gasteiger partial charge in [-0.25, -0.2) is 4.98 Å². The first kappa shape index (κ1) is 23.0. The van der Waals surface area contributed by atoms with Crippen LogP contribution in [0.3, 0.4) is 0 Å². The number of nitrogens with zero attached hydrogens (tertiary/aromatic N) is 3. The van der Waals surface area contributed by atoms with Crippen molar-refractivity contribution in [3.8, 4) is 5.75 Å². The first-order valence-electron chi connectivity index (χ1n) is 8.71. The molecule has 0 N–H and O–H groups in total. The van der Waals surface area contributed by atoms with E-state index in [1.807, 2.05) is 13.0 Å². The molecule has 2 aromatic rings. The van der Waals surface area contributed by atoms with E-state index >= 15 is 0 Å². The van der Waals surface area contributed by atoms with Crippen molar-refractivity contribution in [1.29, 1.82) is 0 Å². The summed E-state index contributed by atoms with van der Waals surface area (Å²) < 4.78 is 6.25. The molecule has 0 radical (unpaired) electrons. The van der Waals surface area contributed by atoms with Gasteiger partial charge >= 0.3 is 0 Å². The van der Waals surface area contributed by atoms with Crippen LogP contribution in [0, 0.1) is 0 Å². The molecule has 0 aliphatic heterocycles. The second-order valence-electron chi connectivity index (χ2n) is 5.75. The van der Waals surface area contributed by atoms with Crippen molar-refractivity contribution in [2.75, 3.05) is 38.2 Å². The molecular weight excluding hydrogens is 393 g/mol. The van der Waals surface area contributed by atoms with Crippen LogP contribution in [0.4, 0.5) is 5.13 Å². The third-order valence-corrected chi connectivity index (χ3v) is 5.74. The van der Waals surface area contributed by atoms with Crippen LogP contribution in [-0.2, 0) is 4.79 Å². The average Bonchev–Trinajstić information content (AvgIpc) is 3.05. The number of thiazole rings is 1. The number of anilines is 1. The van der Waals surface area contributed by atoms with E-state index in [-0.39, 0.29) is 18.3 Å². The Hall–Kier alpha value is -1.08. The summed E-state index contributed by atoms with van der Waals surface area (Å²) in [5.74, 6) is 0.775. The predicted molar refractivity (Wildman–Crippen MR) is 113 cm³/mol. The van der Waals surface area contributed by atoms with Gasteiger partial charge in [-0.1, -0.05) is 43.7 Å². The molecule has 0 aliphatic rings. The maximum atomic E-state index is 12.7. The minimum atomic E-state index is 0. The molecule has 0 atom stereocenters. The minimum absolute atomic E-state index is 0. The molecule has 1 aromatic carbocycles. The lowest BCUT2D eigenvalue weighted by Gasteiger charge is -2.24. The molecule has 5 nitrogen and oxygen atoms in total. The highest BCUT2D eigenvalue weighted by Crippen LogP contribution is 2.38. The molecule has 0 spiro atoms. The molecule has 1 amide bonds. The van der Waals surface area contributed by atoms with Crippen molar-refractivity contribution in [2.45, 2.75) is 33.6 Å². The lowest BCUT2D eigenvalue weighted by atomic mass is 10.3. The standard InChI is InChI=1S/C18H26ClN3O2S.ClH/c1-5-8-15(23)22(12-11-21(6-2)7-3)18-20-16-14(24-4)10-9-13(19)17(16)25-18;/h9-10H,5-8,11-12H2,1-4H3;1H. The first-order valence-corrected chi connectivity index (χ1v) is 9.90. The summed E-state index contributed by atoms with van der Waals surface area (Å²) in [6.45, 7) is 9.65. The van der Waals surface area contributed by atoms with E-state index in [0.717, 1.165) is 30.8 Å². The molecule has 0 fully saturated rings. The van der Waals surface area contributed by atoms with E-state index in [1.54, 1.807) is 18.1 Å². The molecule has 1 heterocycles. The van der Waals surface area contributed by atoms with Gasteiger partial charge in [-0.2, -0.15) is 0 Å². The van der Waals surface area contributed by atoms with E-state index in [9.17, 15) is 4.79 Å². The average molecular weight is 420 g/mol. The molecular formula is C18H27Cl2N3O2S. The first-order chi connectivity index (χ1) is 12.0. The Morgan fingerprint density at radius 2 is 1.92 bits per heavy atom. The van der Waals surface area contributed by atoms with Gasteiger partial charge in [0.2, 0.25) is 5.91 Å². The zero-order valence-corrected chi connectivity index (χ0v) is 18.1. The molecule has 2 rings (SSSR count). The van der Waals surface area contributed by atoms with Crippen LogP contribution in [0.5, 0.6) is 5.75 Å². The van der Waals surface area contributed by atoms with Gasteiger partial charge in [0.15, 0.2) is 5.13 Å². The number of ether oxygens (including phenoxy) is 1. The van der Waals surface area contributed by atoms with Crippen LogP contribution in [0.25, 0.3) is 10.2 Å². The zero-order chi connectivity index (χ0) is 18.4. The Morgan fingerprint density at radius 1 is 1.23 bits per heavy atom. The molecule has 26 heavy (non-hydrogen) atoms. The monoisotopic (exact) mass is 419 g/mol. The van der Waals surface area contributed by atoms with Gasteiger partial charge in [0, 0.05) is 19.5 Å². The molecule has 0 unspecified atom stereocenters. The second-order valence-corrected chi connectivity index (χ2v) is 7.13. The maximum absolute atomic E-state index is 12.7. The van der Waals surface area contributed by atoms with E-state index in [0.29, 0.717) is 34.4 Å².